The van der Waals surface area contributed by atoms with Crippen LogP contribution in [-0.2, 0) is 21.0 Å². The predicted octanol–water partition coefficient (Wildman–Crippen LogP) is 3.32. The van der Waals surface area contributed by atoms with Crippen LogP contribution < -0.4 is 5.32 Å². The van der Waals surface area contributed by atoms with E-state index >= 15 is 0 Å². The lowest BCUT2D eigenvalue weighted by atomic mass is 10.2. The first-order valence-corrected chi connectivity index (χ1v) is 9.29. The Bertz CT molecular complexity index is 965. The van der Waals surface area contributed by atoms with Crippen molar-refractivity contribution in [2.24, 2.45) is 0 Å². The normalized spacial score (nSPS) is 12.3. The Kier molecular flexibility index (Phi) is 6.13. The fraction of sp³-hybridized carbons (Fsp3) is 0.250. The van der Waals surface area contributed by atoms with Crippen LogP contribution >= 0.6 is 11.6 Å². The number of aryl methyl sites for hydroxylation is 1. The minimum atomic E-state index is -4.81. The first kappa shape index (κ1) is 21.1. The Balaban J connectivity index is 2.20. The number of anilines is 1. The van der Waals surface area contributed by atoms with Gasteiger partial charge < -0.3 is 5.32 Å². The van der Waals surface area contributed by atoms with Crippen molar-refractivity contribution in [1.82, 2.24) is 9.29 Å². The fourth-order valence-corrected chi connectivity index (χ4v) is 3.52. The van der Waals surface area contributed by atoms with Gasteiger partial charge in [0.15, 0.2) is 0 Å². The Morgan fingerprint density at radius 2 is 1.93 bits per heavy atom. The van der Waals surface area contributed by atoms with E-state index in [1.165, 1.54) is 6.07 Å². The highest BCUT2D eigenvalue weighted by atomic mass is 35.5. The van der Waals surface area contributed by atoms with Gasteiger partial charge in [0, 0.05) is 12.7 Å². The van der Waals surface area contributed by atoms with Crippen molar-refractivity contribution in [3.63, 3.8) is 0 Å². The maximum Gasteiger partial charge on any atom is 0.417 e. The van der Waals surface area contributed by atoms with Crippen molar-refractivity contribution in [3.05, 3.63) is 52.7 Å². The smallest absolute Gasteiger partial charge is 0.310 e. The monoisotopic (exact) mass is 421 g/mol. The van der Waals surface area contributed by atoms with E-state index in [9.17, 15) is 26.4 Å². The summed E-state index contributed by atoms with van der Waals surface area (Å²) in [5.74, 6) is -0.458. The topological polar surface area (TPSA) is 79.4 Å². The number of sulfonamides is 1. The van der Waals surface area contributed by atoms with Gasteiger partial charge in [0.2, 0.25) is 15.9 Å². The molecule has 6 nitrogen and oxygen atoms in total. The molecule has 2 aromatic rings. The van der Waals surface area contributed by atoms with Crippen LogP contribution in [-0.4, -0.2) is 37.2 Å². The van der Waals surface area contributed by atoms with E-state index in [1.807, 2.05) is 0 Å². The second kappa shape index (κ2) is 7.83. The van der Waals surface area contributed by atoms with Crippen LogP contribution in [0.5, 0.6) is 0 Å². The molecule has 0 atom stereocenters. The van der Waals surface area contributed by atoms with Crippen molar-refractivity contribution < 1.29 is 26.4 Å². The minimum absolute atomic E-state index is 0.233. The fourth-order valence-electron chi connectivity index (χ4n) is 2.14. The molecule has 0 bridgehead atoms. The molecular formula is C16H15ClF3N3O3S. The van der Waals surface area contributed by atoms with Crippen molar-refractivity contribution in [2.45, 2.75) is 18.0 Å². The average molecular weight is 422 g/mol. The molecule has 1 aromatic heterocycles. The van der Waals surface area contributed by atoms with E-state index in [1.54, 1.807) is 19.1 Å². The lowest BCUT2D eigenvalue weighted by Gasteiger charge is -2.18. The van der Waals surface area contributed by atoms with Crippen molar-refractivity contribution >= 4 is 33.3 Å². The summed E-state index contributed by atoms with van der Waals surface area (Å²) < 4.78 is 64.4. The van der Waals surface area contributed by atoms with Gasteiger partial charge in [-0.2, -0.15) is 17.5 Å². The first-order chi connectivity index (χ1) is 12.4. The number of rotatable bonds is 5. The molecule has 1 aromatic carbocycles. The van der Waals surface area contributed by atoms with Gasteiger partial charge in [0.05, 0.1) is 22.0 Å². The molecule has 0 saturated heterocycles. The summed E-state index contributed by atoms with van der Waals surface area (Å²) in [6, 6.07) is 7.13. The molecule has 146 valence electrons. The molecule has 0 aliphatic carbocycles. The SMILES string of the molecule is Cc1cccc(NC(=O)CN(C)S(=O)(=O)c2ccc(Cl)c(C(F)(F)F)c2)n1. The summed E-state index contributed by atoms with van der Waals surface area (Å²) in [7, 11) is -3.26. The summed E-state index contributed by atoms with van der Waals surface area (Å²) in [6.45, 7) is 1.10. The van der Waals surface area contributed by atoms with Crippen LogP contribution in [0.4, 0.5) is 19.0 Å². The van der Waals surface area contributed by atoms with Crippen LogP contribution in [0, 0.1) is 6.92 Å². The van der Waals surface area contributed by atoms with E-state index in [-0.39, 0.29) is 5.82 Å². The van der Waals surface area contributed by atoms with Crippen LogP contribution in [0.2, 0.25) is 5.02 Å². The van der Waals surface area contributed by atoms with Gasteiger partial charge in [-0.1, -0.05) is 17.7 Å². The van der Waals surface area contributed by atoms with Gasteiger partial charge in [-0.3, -0.25) is 4.79 Å². The lowest BCUT2D eigenvalue weighted by molar-refractivity contribution is -0.137. The molecule has 0 spiro atoms. The Morgan fingerprint density at radius 1 is 1.26 bits per heavy atom. The molecule has 2 rings (SSSR count). The third-order valence-electron chi connectivity index (χ3n) is 3.47. The molecule has 0 saturated carbocycles. The maximum absolute atomic E-state index is 12.9. The number of benzene rings is 1. The highest BCUT2D eigenvalue weighted by Gasteiger charge is 2.35. The van der Waals surface area contributed by atoms with Crippen molar-refractivity contribution in [2.75, 3.05) is 18.9 Å². The molecule has 0 radical (unpaired) electrons. The zero-order chi connectivity index (χ0) is 20.4. The summed E-state index contributed by atoms with van der Waals surface area (Å²) in [4.78, 5) is 15.5. The number of pyridine rings is 1. The molecule has 1 amide bonds. The number of hydrogen-bond donors (Lipinski definition) is 1. The molecule has 1 heterocycles. The Morgan fingerprint density at radius 3 is 2.52 bits per heavy atom. The number of nitrogens with zero attached hydrogens (tertiary/aromatic N) is 2. The van der Waals surface area contributed by atoms with Gasteiger partial charge in [-0.05, 0) is 37.3 Å². The van der Waals surface area contributed by atoms with Crippen LogP contribution in [0.25, 0.3) is 0 Å². The largest absolute Gasteiger partial charge is 0.417 e. The lowest BCUT2D eigenvalue weighted by Crippen LogP contribution is -2.35. The summed E-state index contributed by atoms with van der Waals surface area (Å²) in [5, 5.41) is 1.81. The molecule has 1 N–H and O–H groups in total. The number of nitrogens with one attached hydrogen (secondary N) is 1. The summed E-state index contributed by atoms with van der Waals surface area (Å²) in [5.41, 5.74) is -0.623. The highest BCUT2D eigenvalue weighted by molar-refractivity contribution is 7.89. The third kappa shape index (κ3) is 5.18. The quantitative estimate of drug-likeness (QED) is 0.803. The Hall–Kier alpha value is -2.17. The van der Waals surface area contributed by atoms with E-state index in [0.717, 1.165) is 19.2 Å². The number of halogens is 4. The summed E-state index contributed by atoms with van der Waals surface area (Å²) in [6.07, 6.45) is -4.81. The number of aromatic nitrogens is 1. The van der Waals surface area contributed by atoms with E-state index in [4.69, 9.17) is 11.6 Å². The number of carbonyl (C=O) groups is 1. The third-order valence-corrected chi connectivity index (χ3v) is 5.60. The second-order valence-electron chi connectivity index (χ2n) is 5.61. The number of likely N-dealkylation sites (N-methyl/N-ethyl adjacent to an activating group) is 1. The maximum atomic E-state index is 12.9. The second-order valence-corrected chi connectivity index (χ2v) is 8.06. The number of alkyl halides is 3. The molecule has 27 heavy (non-hydrogen) atoms. The van der Waals surface area contributed by atoms with Gasteiger partial charge in [0.1, 0.15) is 5.82 Å². The average Bonchev–Trinajstić information content (AvgIpc) is 2.53. The van der Waals surface area contributed by atoms with Gasteiger partial charge in [-0.15, -0.1) is 0 Å². The van der Waals surface area contributed by atoms with Crippen LogP contribution in [0.1, 0.15) is 11.3 Å². The highest BCUT2D eigenvalue weighted by Crippen LogP contribution is 2.36. The summed E-state index contributed by atoms with van der Waals surface area (Å²) >= 11 is 5.50. The van der Waals surface area contributed by atoms with E-state index < -0.39 is 44.1 Å². The Labute approximate surface area is 159 Å². The minimum Gasteiger partial charge on any atom is -0.310 e. The van der Waals surface area contributed by atoms with Gasteiger partial charge in [-0.25, -0.2) is 13.4 Å². The van der Waals surface area contributed by atoms with Crippen LogP contribution in [0.15, 0.2) is 41.3 Å². The van der Waals surface area contributed by atoms with Gasteiger partial charge >= 0.3 is 6.18 Å². The number of carbonyl (C=O) groups excluding carboxylic acids is 1. The molecule has 0 fully saturated rings. The molecule has 0 aliphatic rings. The molecule has 0 unspecified atom stereocenters. The number of hydrogen-bond acceptors (Lipinski definition) is 4. The molecule has 0 aliphatic heterocycles. The first-order valence-electron chi connectivity index (χ1n) is 7.48. The van der Waals surface area contributed by atoms with E-state index in [0.29, 0.717) is 16.1 Å². The van der Waals surface area contributed by atoms with E-state index in [2.05, 4.69) is 10.3 Å². The van der Waals surface area contributed by atoms with Gasteiger partial charge in [0.25, 0.3) is 0 Å². The predicted molar refractivity (Wildman–Crippen MR) is 93.9 cm³/mol. The molecule has 11 heteroatoms. The zero-order valence-corrected chi connectivity index (χ0v) is 15.8. The zero-order valence-electron chi connectivity index (χ0n) is 14.2. The molecular weight excluding hydrogens is 407 g/mol. The standard InChI is InChI=1S/C16H15ClF3N3O3S/c1-10-4-3-5-14(21-10)22-15(24)9-23(2)27(25,26)11-6-7-13(17)12(8-11)16(18,19)20/h3-8H,9H2,1-2H3,(H,21,22,24). The van der Waals surface area contributed by atoms with Crippen molar-refractivity contribution in [3.8, 4) is 0 Å². The van der Waals surface area contributed by atoms with Crippen LogP contribution in [0.3, 0.4) is 0 Å². The van der Waals surface area contributed by atoms with Crippen molar-refractivity contribution in [1.29, 1.82) is 0 Å². The number of amides is 1.